The molecule has 0 amide bonds. The fraction of sp³-hybridized carbons (Fsp3) is 1.00. The second kappa shape index (κ2) is 5.69. The van der Waals surface area contributed by atoms with E-state index in [0.29, 0.717) is 30.7 Å². The maximum atomic E-state index is 5.73. The van der Waals surface area contributed by atoms with Crippen molar-refractivity contribution < 1.29 is 4.74 Å². The third-order valence-corrected chi connectivity index (χ3v) is 2.99. The van der Waals surface area contributed by atoms with Crippen molar-refractivity contribution in [2.45, 2.75) is 51.9 Å². The lowest BCUT2D eigenvalue weighted by Crippen LogP contribution is -2.43. The Bertz CT molecular complexity index is 161. The van der Waals surface area contributed by atoms with Crippen molar-refractivity contribution in [1.29, 1.82) is 0 Å². The Kier molecular flexibility index (Phi) is 4.85. The Morgan fingerprint density at radius 1 is 1.43 bits per heavy atom. The number of ether oxygens (including phenoxy) is 1. The number of hydrogen-bond acceptors (Lipinski definition) is 3. The van der Waals surface area contributed by atoms with E-state index in [9.17, 15) is 0 Å². The van der Waals surface area contributed by atoms with Gasteiger partial charge in [0, 0.05) is 19.1 Å². The lowest BCUT2D eigenvalue weighted by molar-refractivity contribution is 0.0535. The SMILES string of the molecule is CC1CCC(CNC(CN)C(C)C)O1. The molecule has 3 unspecified atom stereocenters. The fourth-order valence-electron chi connectivity index (χ4n) is 1.91. The number of nitrogens with one attached hydrogen (secondary N) is 1. The molecule has 1 heterocycles. The Morgan fingerprint density at radius 3 is 2.57 bits per heavy atom. The lowest BCUT2D eigenvalue weighted by atomic mass is 10.0. The third kappa shape index (κ3) is 3.56. The quantitative estimate of drug-likeness (QED) is 0.699. The zero-order valence-electron chi connectivity index (χ0n) is 9.62. The maximum absolute atomic E-state index is 5.73. The van der Waals surface area contributed by atoms with E-state index in [4.69, 9.17) is 10.5 Å². The van der Waals surface area contributed by atoms with Gasteiger partial charge in [-0.25, -0.2) is 0 Å². The standard InChI is InChI=1S/C11H24N2O/c1-8(2)11(6-12)13-7-10-5-4-9(3)14-10/h8-11,13H,4-7,12H2,1-3H3. The van der Waals surface area contributed by atoms with Crippen LogP contribution < -0.4 is 11.1 Å². The van der Waals surface area contributed by atoms with E-state index in [1.165, 1.54) is 12.8 Å². The van der Waals surface area contributed by atoms with Crippen molar-refractivity contribution in [2.75, 3.05) is 13.1 Å². The molecule has 0 aromatic heterocycles. The van der Waals surface area contributed by atoms with E-state index in [-0.39, 0.29) is 0 Å². The molecule has 0 bridgehead atoms. The van der Waals surface area contributed by atoms with Crippen molar-refractivity contribution >= 4 is 0 Å². The smallest absolute Gasteiger partial charge is 0.0704 e. The first-order chi connectivity index (χ1) is 6.63. The molecule has 0 aromatic carbocycles. The van der Waals surface area contributed by atoms with Gasteiger partial charge >= 0.3 is 0 Å². The van der Waals surface area contributed by atoms with E-state index in [2.05, 4.69) is 26.1 Å². The van der Waals surface area contributed by atoms with Gasteiger partial charge in [0.15, 0.2) is 0 Å². The van der Waals surface area contributed by atoms with Crippen molar-refractivity contribution in [3.05, 3.63) is 0 Å². The Balaban J connectivity index is 2.18. The van der Waals surface area contributed by atoms with Gasteiger partial charge < -0.3 is 15.8 Å². The largest absolute Gasteiger partial charge is 0.374 e. The van der Waals surface area contributed by atoms with Gasteiger partial charge in [-0.15, -0.1) is 0 Å². The zero-order chi connectivity index (χ0) is 10.6. The molecule has 84 valence electrons. The summed E-state index contributed by atoms with van der Waals surface area (Å²) in [5, 5.41) is 3.48. The molecule has 0 spiro atoms. The summed E-state index contributed by atoms with van der Waals surface area (Å²) >= 11 is 0. The average Bonchev–Trinajstić information content (AvgIpc) is 2.52. The number of nitrogens with two attached hydrogens (primary N) is 1. The minimum atomic E-state index is 0.401. The third-order valence-electron chi connectivity index (χ3n) is 2.99. The van der Waals surface area contributed by atoms with Crippen LogP contribution in [0.5, 0.6) is 0 Å². The Hall–Kier alpha value is -0.120. The molecule has 1 aliphatic heterocycles. The maximum Gasteiger partial charge on any atom is 0.0704 e. The minimum Gasteiger partial charge on any atom is -0.374 e. The predicted molar refractivity (Wildman–Crippen MR) is 59.3 cm³/mol. The van der Waals surface area contributed by atoms with Crippen LogP contribution in [-0.2, 0) is 4.74 Å². The second-order valence-electron chi connectivity index (χ2n) is 4.64. The summed E-state index contributed by atoms with van der Waals surface area (Å²) in [6.07, 6.45) is 3.22. The highest BCUT2D eigenvalue weighted by Gasteiger charge is 2.22. The Labute approximate surface area is 87.4 Å². The summed E-state index contributed by atoms with van der Waals surface area (Å²) in [7, 11) is 0. The van der Waals surface area contributed by atoms with E-state index < -0.39 is 0 Å². The van der Waals surface area contributed by atoms with Crippen LogP contribution in [-0.4, -0.2) is 31.3 Å². The predicted octanol–water partition coefficient (Wildman–Crippen LogP) is 1.13. The van der Waals surface area contributed by atoms with Gasteiger partial charge in [-0.05, 0) is 25.7 Å². The molecule has 0 aromatic rings. The van der Waals surface area contributed by atoms with Gasteiger partial charge in [0.1, 0.15) is 0 Å². The summed E-state index contributed by atoms with van der Waals surface area (Å²) < 4.78 is 5.73. The fourth-order valence-corrected chi connectivity index (χ4v) is 1.91. The van der Waals surface area contributed by atoms with Crippen LogP contribution in [0.2, 0.25) is 0 Å². The van der Waals surface area contributed by atoms with Crippen LogP contribution in [0.15, 0.2) is 0 Å². The molecule has 3 N–H and O–H groups in total. The monoisotopic (exact) mass is 200 g/mol. The van der Waals surface area contributed by atoms with Crippen molar-refractivity contribution in [1.82, 2.24) is 5.32 Å². The molecule has 0 saturated carbocycles. The van der Waals surface area contributed by atoms with Crippen molar-refractivity contribution in [3.63, 3.8) is 0 Å². The van der Waals surface area contributed by atoms with E-state index in [1.807, 2.05) is 0 Å². The topological polar surface area (TPSA) is 47.3 Å². The van der Waals surface area contributed by atoms with Gasteiger partial charge in [0.05, 0.1) is 12.2 Å². The van der Waals surface area contributed by atoms with Gasteiger partial charge in [-0.2, -0.15) is 0 Å². The van der Waals surface area contributed by atoms with Crippen molar-refractivity contribution in [3.8, 4) is 0 Å². The van der Waals surface area contributed by atoms with Crippen LogP contribution >= 0.6 is 0 Å². The molecule has 1 fully saturated rings. The lowest BCUT2D eigenvalue weighted by Gasteiger charge is -2.22. The Morgan fingerprint density at radius 2 is 2.14 bits per heavy atom. The zero-order valence-corrected chi connectivity index (χ0v) is 9.62. The highest BCUT2D eigenvalue weighted by Crippen LogP contribution is 2.18. The summed E-state index contributed by atoms with van der Waals surface area (Å²) in [4.78, 5) is 0. The molecule has 3 nitrogen and oxygen atoms in total. The number of rotatable bonds is 5. The molecule has 0 radical (unpaired) electrons. The molecular formula is C11H24N2O. The van der Waals surface area contributed by atoms with Crippen LogP contribution in [0.4, 0.5) is 0 Å². The van der Waals surface area contributed by atoms with Gasteiger partial charge in [0.25, 0.3) is 0 Å². The minimum absolute atomic E-state index is 0.401. The first-order valence-electron chi connectivity index (χ1n) is 5.72. The summed E-state index contributed by atoms with van der Waals surface area (Å²) in [5.41, 5.74) is 5.68. The van der Waals surface area contributed by atoms with Gasteiger partial charge in [0.2, 0.25) is 0 Å². The van der Waals surface area contributed by atoms with Gasteiger partial charge in [-0.1, -0.05) is 13.8 Å². The summed E-state index contributed by atoms with van der Waals surface area (Å²) in [6.45, 7) is 8.19. The first-order valence-corrected chi connectivity index (χ1v) is 5.72. The highest BCUT2D eigenvalue weighted by molar-refractivity contribution is 4.77. The molecular weight excluding hydrogens is 176 g/mol. The van der Waals surface area contributed by atoms with E-state index in [0.717, 1.165) is 6.54 Å². The highest BCUT2D eigenvalue weighted by atomic mass is 16.5. The average molecular weight is 200 g/mol. The van der Waals surface area contributed by atoms with Gasteiger partial charge in [-0.3, -0.25) is 0 Å². The summed E-state index contributed by atoms with van der Waals surface area (Å²) in [6, 6.07) is 0.425. The van der Waals surface area contributed by atoms with Crippen LogP contribution in [0.3, 0.4) is 0 Å². The molecule has 1 rings (SSSR count). The normalized spacial score (nSPS) is 29.8. The molecule has 3 atom stereocenters. The van der Waals surface area contributed by atoms with E-state index >= 15 is 0 Å². The molecule has 0 aliphatic carbocycles. The second-order valence-corrected chi connectivity index (χ2v) is 4.64. The molecule has 1 aliphatic rings. The molecule has 3 heteroatoms. The van der Waals surface area contributed by atoms with Crippen LogP contribution in [0.25, 0.3) is 0 Å². The van der Waals surface area contributed by atoms with Crippen LogP contribution in [0, 0.1) is 5.92 Å². The van der Waals surface area contributed by atoms with Crippen LogP contribution in [0.1, 0.15) is 33.6 Å². The first kappa shape index (κ1) is 12.0. The van der Waals surface area contributed by atoms with Crippen molar-refractivity contribution in [2.24, 2.45) is 11.7 Å². The van der Waals surface area contributed by atoms with E-state index in [1.54, 1.807) is 0 Å². The summed E-state index contributed by atoms with van der Waals surface area (Å²) in [5.74, 6) is 0.596. The molecule has 1 saturated heterocycles. The molecule has 14 heavy (non-hydrogen) atoms. The number of hydrogen-bond donors (Lipinski definition) is 2.